The summed E-state index contributed by atoms with van der Waals surface area (Å²) in [5.74, 6) is 0. The number of aromatic nitrogens is 1. The maximum Gasteiger partial charge on any atom is 0.192 e. The second-order valence-corrected chi connectivity index (χ2v) is 5.67. The number of hydrogen-bond acceptors (Lipinski definition) is 4. The Balaban J connectivity index is 2.91. The molecule has 0 aromatic carbocycles. The van der Waals surface area contributed by atoms with Crippen LogP contribution in [-0.4, -0.2) is 32.9 Å². The van der Waals surface area contributed by atoms with Gasteiger partial charge in [0.2, 0.25) is 0 Å². The first kappa shape index (κ1) is 13.4. The van der Waals surface area contributed by atoms with Gasteiger partial charge in [-0.2, -0.15) is 0 Å². The molecule has 0 saturated carbocycles. The summed E-state index contributed by atoms with van der Waals surface area (Å²) in [6.45, 7) is 2.99. The Morgan fingerprint density at radius 2 is 2.12 bits per heavy atom. The van der Waals surface area contributed by atoms with E-state index in [0.29, 0.717) is 30.4 Å². The minimum absolute atomic E-state index is 0.0448. The van der Waals surface area contributed by atoms with Crippen molar-refractivity contribution in [3.05, 3.63) is 22.8 Å². The summed E-state index contributed by atoms with van der Waals surface area (Å²) in [6, 6.07) is 2.95. The zero-order valence-corrected chi connectivity index (χ0v) is 10.8. The number of hydrogen-bond donors (Lipinski definition) is 0. The van der Waals surface area contributed by atoms with E-state index in [0.717, 1.165) is 6.26 Å². The van der Waals surface area contributed by atoms with Crippen LogP contribution in [0.3, 0.4) is 0 Å². The molecule has 0 aliphatic rings. The molecule has 0 N–H and O–H groups in total. The van der Waals surface area contributed by atoms with E-state index in [4.69, 9.17) is 16.3 Å². The maximum atomic E-state index is 11.3. The Morgan fingerprint density at radius 1 is 1.44 bits per heavy atom. The topological polar surface area (TPSA) is 56.3 Å². The van der Waals surface area contributed by atoms with Crippen LogP contribution in [0.2, 0.25) is 5.02 Å². The van der Waals surface area contributed by atoms with Crippen molar-refractivity contribution in [2.24, 2.45) is 0 Å². The van der Waals surface area contributed by atoms with Crippen molar-refractivity contribution in [1.82, 2.24) is 4.98 Å². The van der Waals surface area contributed by atoms with Crippen LogP contribution in [0.1, 0.15) is 12.6 Å². The van der Waals surface area contributed by atoms with Gasteiger partial charge in [0.15, 0.2) is 14.9 Å². The average molecular weight is 264 g/mol. The summed E-state index contributed by atoms with van der Waals surface area (Å²) in [7, 11) is -3.28. The highest BCUT2D eigenvalue weighted by molar-refractivity contribution is 7.90. The second kappa shape index (κ2) is 5.61. The molecular weight excluding hydrogens is 250 g/mol. The fourth-order valence-electron chi connectivity index (χ4n) is 1.16. The quantitative estimate of drug-likeness (QED) is 0.759. The molecule has 0 spiro atoms. The molecule has 0 amide bonds. The number of pyridine rings is 1. The fourth-order valence-corrected chi connectivity index (χ4v) is 1.95. The van der Waals surface area contributed by atoms with Crippen LogP contribution in [0.4, 0.5) is 0 Å². The highest BCUT2D eigenvalue weighted by atomic mass is 35.5. The van der Waals surface area contributed by atoms with E-state index in [-0.39, 0.29) is 5.03 Å². The standard InChI is InChI=1S/C10H14ClNO3S/c1-3-15-7-6-9-8(11)4-5-10(12-9)16(2,13)14/h4-5H,3,6-7H2,1-2H3. The maximum absolute atomic E-state index is 11.3. The normalized spacial score (nSPS) is 11.7. The Labute approximate surface area is 101 Å². The second-order valence-electron chi connectivity index (χ2n) is 3.30. The Hall–Kier alpha value is -0.650. The number of nitrogens with zero attached hydrogens (tertiary/aromatic N) is 1. The lowest BCUT2D eigenvalue weighted by molar-refractivity contribution is 0.150. The number of ether oxygens (including phenoxy) is 1. The summed E-state index contributed by atoms with van der Waals surface area (Å²) < 4.78 is 27.7. The molecule has 0 saturated heterocycles. The molecule has 0 unspecified atom stereocenters. The predicted molar refractivity (Wildman–Crippen MR) is 62.6 cm³/mol. The van der Waals surface area contributed by atoms with Crippen molar-refractivity contribution in [3.63, 3.8) is 0 Å². The predicted octanol–water partition coefficient (Wildman–Crippen LogP) is 1.72. The number of halogens is 1. The molecule has 1 rings (SSSR count). The van der Waals surface area contributed by atoms with Crippen LogP contribution in [-0.2, 0) is 21.0 Å². The van der Waals surface area contributed by atoms with Gasteiger partial charge < -0.3 is 4.74 Å². The first-order valence-electron chi connectivity index (χ1n) is 4.88. The minimum atomic E-state index is -3.28. The van der Waals surface area contributed by atoms with Gasteiger partial charge in [-0.05, 0) is 19.1 Å². The van der Waals surface area contributed by atoms with E-state index >= 15 is 0 Å². The molecule has 0 aliphatic heterocycles. The third-order valence-corrected chi connectivity index (χ3v) is 3.29. The van der Waals surface area contributed by atoms with E-state index in [1.165, 1.54) is 6.07 Å². The van der Waals surface area contributed by atoms with Crippen molar-refractivity contribution in [2.45, 2.75) is 18.4 Å². The lowest BCUT2D eigenvalue weighted by Gasteiger charge is -2.05. The molecular formula is C10H14ClNO3S. The molecule has 16 heavy (non-hydrogen) atoms. The van der Waals surface area contributed by atoms with Gasteiger partial charge in [0, 0.05) is 19.3 Å². The Morgan fingerprint density at radius 3 is 2.69 bits per heavy atom. The third kappa shape index (κ3) is 3.73. The molecule has 6 heteroatoms. The van der Waals surface area contributed by atoms with E-state index in [9.17, 15) is 8.42 Å². The van der Waals surface area contributed by atoms with Crippen molar-refractivity contribution >= 4 is 21.4 Å². The van der Waals surface area contributed by atoms with Crippen LogP contribution < -0.4 is 0 Å². The smallest absolute Gasteiger partial charge is 0.192 e. The van der Waals surface area contributed by atoms with Crippen molar-refractivity contribution < 1.29 is 13.2 Å². The summed E-state index contributed by atoms with van der Waals surface area (Å²) >= 11 is 5.91. The zero-order chi connectivity index (χ0) is 12.2. The molecule has 1 aromatic heterocycles. The van der Waals surface area contributed by atoms with Crippen LogP contribution in [0.5, 0.6) is 0 Å². The van der Waals surface area contributed by atoms with Gasteiger partial charge in [-0.1, -0.05) is 11.6 Å². The van der Waals surface area contributed by atoms with Gasteiger partial charge in [0.25, 0.3) is 0 Å². The summed E-state index contributed by atoms with van der Waals surface area (Å²) in [5, 5.41) is 0.510. The van der Waals surface area contributed by atoms with Gasteiger partial charge in [-0.3, -0.25) is 0 Å². The Bertz CT molecular complexity index is 459. The zero-order valence-electron chi connectivity index (χ0n) is 9.23. The molecule has 90 valence electrons. The van der Waals surface area contributed by atoms with Crippen molar-refractivity contribution in [1.29, 1.82) is 0 Å². The van der Waals surface area contributed by atoms with Gasteiger partial charge in [-0.25, -0.2) is 13.4 Å². The van der Waals surface area contributed by atoms with Gasteiger partial charge in [-0.15, -0.1) is 0 Å². The van der Waals surface area contributed by atoms with Crippen LogP contribution in [0.15, 0.2) is 17.2 Å². The fraction of sp³-hybridized carbons (Fsp3) is 0.500. The lowest BCUT2D eigenvalue weighted by Crippen LogP contribution is -2.06. The molecule has 4 nitrogen and oxygen atoms in total. The van der Waals surface area contributed by atoms with Gasteiger partial charge >= 0.3 is 0 Å². The highest BCUT2D eigenvalue weighted by Gasteiger charge is 2.11. The molecule has 0 fully saturated rings. The minimum Gasteiger partial charge on any atom is -0.381 e. The molecule has 1 heterocycles. The Kier molecular flexibility index (Phi) is 4.70. The van der Waals surface area contributed by atoms with Crippen molar-refractivity contribution in [2.75, 3.05) is 19.5 Å². The molecule has 1 aromatic rings. The molecule has 0 aliphatic carbocycles. The van der Waals surface area contributed by atoms with Crippen LogP contribution >= 0.6 is 11.6 Å². The molecule has 0 radical (unpaired) electrons. The SMILES string of the molecule is CCOCCc1nc(S(C)(=O)=O)ccc1Cl. The first-order valence-corrected chi connectivity index (χ1v) is 7.15. The summed E-state index contributed by atoms with van der Waals surface area (Å²) in [6.07, 6.45) is 1.63. The lowest BCUT2D eigenvalue weighted by atomic mass is 10.3. The average Bonchev–Trinajstić information content (AvgIpc) is 2.19. The monoisotopic (exact) mass is 263 g/mol. The van der Waals surface area contributed by atoms with Crippen molar-refractivity contribution in [3.8, 4) is 0 Å². The largest absolute Gasteiger partial charge is 0.381 e. The third-order valence-electron chi connectivity index (χ3n) is 1.96. The van der Waals surface area contributed by atoms with E-state index in [2.05, 4.69) is 4.98 Å². The van der Waals surface area contributed by atoms with Gasteiger partial charge in [0.1, 0.15) is 0 Å². The van der Waals surface area contributed by atoms with Crippen LogP contribution in [0, 0.1) is 0 Å². The number of rotatable bonds is 5. The summed E-state index contributed by atoms with van der Waals surface area (Å²) in [5.41, 5.74) is 0.554. The van der Waals surface area contributed by atoms with E-state index in [1.54, 1.807) is 6.07 Å². The van der Waals surface area contributed by atoms with E-state index < -0.39 is 9.84 Å². The summed E-state index contributed by atoms with van der Waals surface area (Å²) in [4.78, 5) is 4.02. The first-order chi connectivity index (χ1) is 7.45. The molecule has 0 atom stereocenters. The highest BCUT2D eigenvalue weighted by Crippen LogP contribution is 2.17. The van der Waals surface area contributed by atoms with Crippen LogP contribution in [0.25, 0.3) is 0 Å². The van der Waals surface area contributed by atoms with Gasteiger partial charge in [0.05, 0.1) is 17.3 Å². The molecule has 0 bridgehead atoms. The van der Waals surface area contributed by atoms with E-state index in [1.807, 2.05) is 6.92 Å². The number of sulfone groups is 1.